The standard InChI is InChI=1S/C32H35F6N5O5S/c1-2-6-26-30(48-29-40-25(20-49-29)32(36,37)38,10-5-12-43(26)27(45)21-19-39-11-9-22(21)31(33,34)35)28(46)42-15-13-41(14-16-42)23-7-3-4-8-24(23)47-18-17-44/h3-4,7-9,11,19-20,26,44H,2,5-6,10,12-18H2,1H3/t26-,30+/m0/s1. The Morgan fingerprint density at radius 3 is 2.43 bits per heavy atom. The number of pyridine rings is 1. The van der Waals surface area contributed by atoms with Crippen molar-refractivity contribution in [1.82, 2.24) is 19.8 Å². The van der Waals surface area contributed by atoms with Gasteiger partial charge in [-0.05, 0) is 31.0 Å². The number of rotatable bonds is 10. The van der Waals surface area contributed by atoms with E-state index in [1.165, 1.54) is 9.80 Å². The number of thiazole rings is 1. The van der Waals surface area contributed by atoms with Crippen molar-refractivity contribution in [2.45, 2.75) is 56.6 Å². The van der Waals surface area contributed by atoms with E-state index in [-0.39, 0.29) is 52.1 Å². The third-order valence-electron chi connectivity index (χ3n) is 8.57. The first-order valence-corrected chi connectivity index (χ1v) is 16.6. The average molecular weight is 716 g/mol. The molecule has 0 unspecified atom stereocenters. The van der Waals surface area contributed by atoms with E-state index in [0.29, 0.717) is 42.7 Å². The zero-order chi connectivity index (χ0) is 35.4. The second-order valence-corrected chi connectivity index (χ2v) is 12.5. The van der Waals surface area contributed by atoms with Crippen molar-refractivity contribution in [3.8, 4) is 10.9 Å². The number of ether oxygens (including phenoxy) is 2. The number of alkyl halides is 6. The molecule has 4 heterocycles. The molecule has 49 heavy (non-hydrogen) atoms. The number of aromatic nitrogens is 2. The van der Waals surface area contributed by atoms with Gasteiger partial charge >= 0.3 is 12.4 Å². The van der Waals surface area contributed by atoms with E-state index in [2.05, 4.69) is 9.97 Å². The molecule has 0 bridgehead atoms. The fraction of sp³-hybridized carbons (Fsp3) is 0.500. The summed E-state index contributed by atoms with van der Waals surface area (Å²) in [6.45, 7) is 2.65. The van der Waals surface area contributed by atoms with Crippen LogP contribution in [-0.2, 0) is 17.1 Å². The Morgan fingerprint density at radius 2 is 1.78 bits per heavy atom. The number of anilines is 1. The second-order valence-electron chi connectivity index (χ2n) is 11.6. The van der Waals surface area contributed by atoms with Crippen LogP contribution in [0.5, 0.6) is 10.9 Å². The van der Waals surface area contributed by atoms with Crippen LogP contribution in [0.2, 0.25) is 0 Å². The number of amides is 2. The van der Waals surface area contributed by atoms with Crippen molar-refractivity contribution in [2.24, 2.45) is 0 Å². The number of hydrogen-bond donors (Lipinski definition) is 1. The van der Waals surface area contributed by atoms with Gasteiger partial charge in [0.05, 0.1) is 29.5 Å². The lowest BCUT2D eigenvalue weighted by molar-refractivity contribution is -0.160. The highest BCUT2D eigenvalue weighted by molar-refractivity contribution is 7.11. The first-order valence-electron chi connectivity index (χ1n) is 15.7. The number of carbonyl (C=O) groups is 2. The van der Waals surface area contributed by atoms with Gasteiger partial charge in [0, 0.05) is 56.9 Å². The SMILES string of the molecule is CCC[C@@H]1N(C(=O)c2cnccc2C(F)(F)F)CCC[C@]1(Oc1nc(C(F)(F)F)cs1)C(=O)N1CCN(c2ccccc2OCCO)CC1. The number of aliphatic hydroxyl groups is 1. The van der Waals surface area contributed by atoms with Gasteiger partial charge in [-0.1, -0.05) is 36.8 Å². The van der Waals surface area contributed by atoms with Crippen LogP contribution in [0, 0.1) is 0 Å². The minimum Gasteiger partial charge on any atom is -0.489 e. The predicted octanol–water partition coefficient (Wildman–Crippen LogP) is 5.52. The molecule has 17 heteroatoms. The van der Waals surface area contributed by atoms with Gasteiger partial charge in [0.1, 0.15) is 12.4 Å². The number of halogens is 6. The topological polar surface area (TPSA) is 108 Å². The summed E-state index contributed by atoms with van der Waals surface area (Å²) in [6.07, 6.45) is -7.33. The number of aliphatic hydroxyl groups excluding tert-OH is 1. The Bertz CT molecular complexity index is 1610. The third kappa shape index (κ3) is 7.71. The van der Waals surface area contributed by atoms with Crippen LogP contribution in [0.15, 0.2) is 48.1 Å². The monoisotopic (exact) mass is 715 g/mol. The van der Waals surface area contributed by atoms with E-state index in [4.69, 9.17) is 9.47 Å². The number of para-hydroxylation sites is 2. The molecule has 5 rings (SSSR count). The van der Waals surface area contributed by atoms with Crippen LogP contribution in [0.25, 0.3) is 0 Å². The van der Waals surface area contributed by atoms with E-state index >= 15 is 0 Å². The molecule has 3 aromatic rings. The maximum absolute atomic E-state index is 14.7. The fourth-order valence-corrected chi connectivity index (χ4v) is 7.12. The second kappa shape index (κ2) is 14.8. The molecule has 0 saturated carbocycles. The quantitative estimate of drug-likeness (QED) is 0.274. The molecule has 2 aromatic heterocycles. The fourth-order valence-electron chi connectivity index (χ4n) is 6.37. The van der Waals surface area contributed by atoms with Crippen molar-refractivity contribution in [1.29, 1.82) is 0 Å². The van der Waals surface area contributed by atoms with Crippen LogP contribution in [-0.4, -0.2) is 94.3 Å². The number of piperazine rings is 1. The van der Waals surface area contributed by atoms with Gasteiger partial charge in [-0.3, -0.25) is 14.6 Å². The normalized spacial score (nSPS) is 20.3. The molecule has 0 aliphatic carbocycles. The highest BCUT2D eigenvalue weighted by Gasteiger charge is 2.56. The number of piperidine rings is 1. The van der Waals surface area contributed by atoms with E-state index in [1.807, 2.05) is 17.0 Å². The van der Waals surface area contributed by atoms with Gasteiger partial charge < -0.3 is 29.3 Å². The van der Waals surface area contributed by atoms with Crippen molar-refractivity contribution >= 4 is 28.8 Å². The molecule has 10 nitrogen and oxygen atoms in total. The predicted molar refractivity (Wildman–Crippen MR) is 166 cm³/mol. The molecule has 2 amide bonds. The van der Waals surface area contributed by atoms with Gasteiger partial charge in [0.2, 0.25) is 5.60 Å². The maximum Gasteiger partial charge on any atom is 0.434 e. The van der Waals surface area contributed by atoms with Crippen LogP contribution < -0.4 is 14.4 Å². The summed E-state index contributed by atoms with van der Waals surface area (Å²) in [6, 6.07) is 6.75. The van der Waals surface area contributed by atoms with Gasteiger partial charge in [-0.15, -0.1) is 0 Å². The number of benzene rings is 1. The molecular weight excluding hydrogens is 680 g/mol. The van der Waals surface area contributed by atoms with Gasteiger partial charge in [-0.25, -0.2) is 0 Å². The minimum atomic E-state index is -4.87. The third-order valence-corrected chi connectivity index (χ3v) is 9.29. The van der Waals surface area contributed by atoms with E-state index in [1.54, 1.807) is 19.1 Å². The van der Waals surface area contributed by atoms with Crippen LogP contribution in [0.1, 0.15) is 54.2 Å². The molecule has 2 atom stereocenters. The zero-order valence-electron chi connectivity index (χ0n) is 26.5. The van der Waals surface area contributed by atoms with Crippen LogP contribution >= 0.6 is 11.3 Å². The first kappa shape index (κ1) is 36.2. The largest absolute Gasteiger partial charge is 0.489 e. The Labute approximate surface area is 282 Å². The molecule has 2 aliphatic rings. The molecule has 266 valence electrons. The average Bonchev–Trinajstić information content (AvgIpc) is 3.56. The van der Waals surface area contributed by atoms with Gasteiger partial charge in [0.25, 0.3) is 17.0 Å². The van der Waals surface area contributed by atoms with Gasteiger partial charge in [-0.2, -0.15) is 31.3 Å². The van der Waals surface area contributed by atoms with Gasteiger partial charge in [0.15, 0.2) is 5.69 Å². The smallest absolute Gasteiger partial charge is 0.434 e. The van der Waals surface area contributed by atoms with Crippen LogP contribution in [0.3, 0.4) is 0 Å². The lowest BCUT2D eigenvalue weighted by atomic mass is 9.79. The summed E-state index contributed by atoms with van der Waals surface area (Å²) in [5, 5.41) is 9.53. The molecule has 2 fully saturated rings. The Balaban J connectivity index is 1.50. The number of likely N-dealkylation sites (tertiary alicyclic amines) is 1. The summed E-state index contributed by atoms with van der Waals surface area (Å²) < 4.78 is 94.3. The number of carbonyl (C=O) groups excluding carboxylic acids is 2. The van der Waals surface area contributed by atoms with Crippen molar-refractivity contribution in [2.75, 3.05) is 50.8 Å². The maximum atomic E-state index is 14.7. The molecular formula is C32H35F6N5O5S. The zero-order valence-corrected chi connectivity index (χ0v) is 27.3. The van der Waals surface area contributed by atoms with Crippen LogP contribution in [0.4, 0.5) is 32.0 Å². The van der Waals surface area contributed by atoms with Crippen molar-refractivity contribution in [3.63, 3.8) is 0 Å². The molecule has 2 saturated heterocycles. The lowest BCUT2D eigenvalue weighted by Crippen LogP contribution is -2.69. The molecule has 0 spiro atoms. The van der Waals surface area contributed by atoms with E-state index in [0.717, 1.165) is 23.5 Å². The summed E-state index contributed by atoms with van der Waals surface area (Å²) >= 11 is 0.544. The van der Waals surface area contributed by atoms with Crippen molar-refractivity contribution < 1.29 is 50.5 Å². The lowest BCUT2D eigenvalue weighted by Gasteiger charge is -2.50. The first-order chi connectivity index (χ1) is 23.3. The summed E-state index contributed by atoms with van der Waals surface area (Å²) in [5.74, 6) is -1.07. The molecule has 0 radical (unpaired) electrons. The number of nitrogens with zero attached hydrogens (tertiary/aromatic N) is 5. The molecule has 2 aliphatic heterocycles. The highest BCUT2D eigenvalue weighted by Crippen LogP contribution is 2.42. The molecule has 1 aromatic carbocycles. The van der Waals surface area contributed by atoms with Crippen molar-refractivity contribution in [3.05, 3.63) is 64.9 Å². The Kier molecular flexibility index (Phi) is 10.9. The Morgan fingerprint density at radius 1 is 1.04 bits per heavy atom. The number of hydrogen-bond acceptors (Lipinski definition) is 9. The summed E-state index contributed by atoms with van der Waals surface area (Å²) in [4.78, 5) is 40.7. The molecule has 1 N–H and O–H groups in total. The summed E-state index contributed by atoms with van der Waals surface area (Å²) in [7, 11) is 0. The highest BCUT2D eigenvalue weighted by atomic mass is 32.1. The van der Waals surface area contributed by atoms with E-state index < -0.39 is 57.8 Å². The van der Waals surface area contributed by atoms with E-state index in [9.17, 15) is 41.0 Å². The Hall–Kier alpha value is -4.12. The summed E-state index contributed by atoms with van der Waals surface area (Å²) in [5.41, 5.74) is -4.32. The minimum absolute atomic E-state index is 0.0155.